The Morgan fingerprint density at radius 3 is 2.53 bits per heavy atom. The SMILES string of the molecule is CS(=O)(=O)c1ccc(C(CN)CCC(=O)O)cc1F. The normalized spacial score (nSPS) is 13.2. The lowest BCUT2D eigenvalue weighted by atomic mass is 9.94. The summed E-state index contributed by atoms with van der Waals surface area (Å²) in [5.41, 5.74) is 6.04. The summed E-state index contributed by atoms with van der Waals surface area (Å²) < 4.78 is 36.3. The third kappa shape index (κ3) is 4.29. The molecule has 0 aliphatic heterocycles. The highest BCUT2D eigenvalue weighted by atomic mass is 32.2. The summed E-state index contributed by atoms with van der Waals surface area (Å²) in [4.78, 5) is 10.1. The Morgan fingerprint density at radius 1 is 1.47 bits per heavy atom. The standard InChI is InChI=1S/C12H16FNO4S/c1-19(17,18)11-4-2-8(6-10(11)13)9(7-14)3-5-12(15)16/h2,4,6,9H,3,5,7,14H2,1H3,(H,15,16). The van der Waals surface area contributed by atoms with Gasteiger partial charge in [0.2, 0.25) is 0 Å². The van der Waals surface area contributed by atoms with E-state index >= 15 is 0 Å². The van der Waals surface area contributed by atoms with Crippen molar-refractivity contribution in [2.24, 2.45) is 5.73 Å². The summed E-state index contributed by atoms with van der Waals surface area (Å²) in [5, 5.41) is 8.62. The van der Waals surface area contributed by atoms with Gasteiger partial charge in [0, 0.05) is 12.7 Å². The molecule has 0 fully saturated rings. The lowest BCUT2D eigenvalue weighted by Gasteiger charge is -2.14. The molecule has 0 radical (unpaired) electrons. The number of hydrogen-bond acceptors (Lipinski definition) is 4. The maximum absolute atomic E-state index is 13.7. The van der Waals surface area contributed by atoms with Crippen molar-refractivity contribution in [2.45, 2.75) is 23.7 Å². The van der Waals surface area contributed by atoms with Crippen LogP contribution in [-0.4, -0.2) is 32.3 Å². The van der Waals surface area contributed by atoms with Gasteiger partial charge in [-0.1, -0.05) is 6.07 Å². The molecule has 0 aliphatic rings. The topological polar surface area (TPSA) is 97.5 Å². The molecule has 0 amide bonds. The number of carboxylic acid groups (broad SMARTS) is 1. The van der Waals surface area contributed by atoms with E-state index in [1.165, 1.54) is 12.1 Å². The molecule has 0 aliphatic carbocycles. The molecule has 1 aromatic rings. The van der Waals surface area contributed by atoms with E-state index in [9.17, 15) is 17.6 Å². The summed E-state index contributed by atoms with van der Waals surface area (Å²) in [6.45, 7) is 0.172. The van der Waals surface area contributed by atoms with E-state index in [2.05, 4.69) is 0 Å². The first-order chi connectivity index (χ1) is 8.75. The van der Waals surface area contributed by atoms with Crippen LogP contribution in [0.15, 0.2) is 23.1 Å². The molecule has 1 rings (SSSR count). The van der Waals surface area contributed by atoms with Crippen LogP contribution in [0.5, 0.6) is 0 Å². The molecule has 0 spiro atoms. The zero-order valence-corrected chi connectivity index (χ0v) is 11.3. The number of carboxylic acids is 1. The van der Waals surface area contributed by atoms with Gasteiger partial charge < -0.3 is 10.8 Å². The summed E-state index contributed by atoms with van der Waals surface area (Å²) in [5.74, 6) is -2.10. The number of rotatable bonds is 6. The third-order valence-corrected chi connectivity index (χ3v) is 3.95. The minimum Gasteiger partial charge on any atom is -0.481 e. The van der Waals surface area contributed by atoms with Crippen LogP contribution < -0.4 is 5.73 Å². The molecule has 0 aromatic heterocycles. The first kappa shape index (κ1) is 15.6. The number of hydrogen-bond donors (Lipinski definition) is 2. The van der Waals surface area contributed by atoms with E-state index in [-0.39, 0.29) is 30.2 Å². The summed E-state index contributed by atoms with van der Waals surface area (Å²) in [7, 11) is -3.61. The van der Waals surface area contributed by atoms with E-state index < -0.39 is 21.6 Å². The Kier molecular flexibility index (Phi) is 5.02. The van der Waals surface area contributed by atoms with Crippen LogP contribution in [0, 0.1) is 5.82 Å². The number of sulfone groups is 1. The molecule has 0 bridgehead atoms. The van der Waals surface area contributed by atoms with E-state index in [4.69, 9.17) is 10.8 Å². The second-order valence-electron chi connectivity index (χ2n) is 4.33. The zero-order valence-electron chi connectivity index (χ0n) is 10.5. The third-order valence-electron chi connectivity index (χ3n) is 2.82. The first-order valence-corrected chi connectivity index (χ1v) is 7.56. The van der Waals surface area contributed by atoms with E-state index in [0.29, 0.717) is 5.56 Å². The van der Waals surface area contributed by atoms with Crippen molar-refractivity contribution in [2.75, 3.05) is 12.8 Å². The minimum atomic E-state index is -3.61. The first-order valence-electron chi connectivity index (χ1n) is 5.67. The molecule has 7 heteroatoms. The molecule has 5 nitrogen and oxygen atoms in total. The molecule has 0 heterocycles. The lowest BCUT2D eigenvalue weighted by molar-refractivity contribution is -0.137. The Bertz CT molecular complexity index is 571. The van der Waals surface area contributed by atoms with Crippen LogP contribution in [0.4, 0.5) is 4.39 Å². The van der Waals surface area contributed by atoms with Gasteiger partial charge in [0.25, 0.3) is 0 Å². The Labute approximate surface area is 111 Å². The molecule has 1 aromatic carbocycles. The number of aliphatic carboxylic acids is 1. The lowest BCUT2D eigenvalue weighted by Crippen LogP contribution is -2.14. The van der Waals surface area contributed by atoms with Gasteiger partial charge in [0.15, 0.2) is 9.84 Å². The zero-order chi connectivity index (χ0) is 14.6. The van der Waals surface area contributed by atoms with Crippen LogP contribution in [-0.2, 0) is 14.6 Å². The van der Waals surface area contributed by atoms with Crippen LogP contribution in [0.1, 0.15) is 24.3 Å². The highest BCUT2D eigenvalue weighted by Gasteiger charge is 2.17. The molecule has 1 unspecified atom stereocenters. The predicted octanol–water partition coefficient (Wildman–Crippen LogP) is 1.14. The quantitative estimate of drug-likeness (QED) is 0.818. The van der Waals surface area contributed by atoms with Crippen molar-refractivity contribution in [1.29, 1.82) is 0 Å². The maximum Gasteiger partial charge on any atom is 0.303 e. The van der Waals surface area contributed by atoms with Crippen LogP contribution in [0.3, 0.4) is 0 Å². The van der Waals surface area contributed by atoms with Crippen molar-refractivity contribution in [1.82, 2.24) is 0 Å². The fourth-order valence-corrected chi connectivity index (χ4v) is 2.52. The van der Waals surface area contributed by atoms with Crippen LogP contribution >= 0.6 is 0 Å². The van der Waals surface area contributed by atoms with Gasteiger partial charge >= 0.3 is 5.97 Å². The van der Waals surface area contributed by atoms with Crippen LogP contribution in [0.25, 0.3) is 0 Å². The Morgan fingerprint density at radius 2 is 2.11 bits per heavy atom. The monoisotopic (exact) mass is 289 g/mol. The van der Waals surface area contributed by atoms with Crippen molar-refractivity contribution in [3.63, 3.8) is 0 Å². The van der Waals surface area contributed by atoms with Crippen LogP contribution in [0.2, 0.25) is 0 Å². The van der Waals surface area contributed by atoms with Gasteiger partial charge in [-0.25, -0.2) is 12.8 Å². The largest absolute Gasteiger partial charge is 0.481 e. The number of benzene rings is 1. The molecular formula is C12H16FNO4S. The van der Waals surface area contributed by atoms with Crippen molar-refractivity contribution < 1.29 is 22.7 Å². The Balaban J connectivity index is 3.01. The van der Waals surface area contributed by atoms with Gasteiger partial charge in [-0.3, -0.25) is 4.79 Å². The molecule has 3 N–H and O–H groups in total. The van der Waals surface area contributed by atoms with Crippen molar-refractivity contribution >= 4 is 15.8 Å². The maximum atomic E-state index is 13.7. The summed E-state index contributed by atoms with van der Waals surface area (Å²) in [6.07, 6.45) is 1.14. The van der Waals surface area contributed by atoms with Gasteiger partial charge in [-0.2, -0.15) is 0 Å². The number of halogens is 1. The average molecular weight is 289 g/mol. The van der Waals surface area contributed by atoms with E-state index in [0.717, 1.165) is 12.3 Å². The highest BCUT2D eigenvalue weighted by Crippen LogP contribution is 2.24. The fourth-order valence-electron chi connectivity index (χ4n) is 1.79. The fraction of sp³-hybridized carbons (Fsp3) is 0.417. The minimum absolute atomic E-state index is 0.0721. The molecule has 0 saturated heterocycles. The molecule has 1 atom stereocenters. The average Bonchev–Trinajstić information content (AvgIpc) is 2.27. The van der Waals surface area contributed by atoms with Gasteiger partial charge in [0.1, 0.15) is 10.7 Å². The smallest absolute Gasteiger partial charge is 0.303 e. The van der Waals surface area contributed by atoms with Crippen molar-refractivity contribution in [3.8, 4) is 0 Å². The summed E-state index contributed by atoms with van der Waals surface area (Å²) >= 11 is 0. The van der Waals surface area contributed by atoms with E-state index in [1.54, 1.807) is 0 Å². The predicted molar refractivity (Wildman–Crippen MR) is 68.2 cm³/mol. The Hall–Kier alpha value is -1.47. The van der Waals surface area contributed by atoms with Gasteiger partial charge in [-0.05, 0) is 36.6 Å². The molecule has 19 heavy (non-hydrogen) atoms. The van der Waals surface area contributed by atoms with Gasteiger partial charge in [-0.15, -0.1) is 0 Å². The molecule has 106 valence electrons. The molecular weight excluding hydrogens is 273 g/mol. The van der Waals surface area contributed by atoms with Gasteiger partial charge in [0.05, 0.1) is 0 Å². The van der Waals surface area contributed by atoms with Crippen molar-refractivity contribution in [3.05, 3.63) is 29.6 Å². The number of nitrogens with two attached hydrogens (primary N) is 1. The second kappa shape index (κ2) is 6.12. The summed E-state index contributed by atoms with van der Waals surface area (Å²) in [6, 6.07) is 3.76. The second-order valence-corrected chi connectivity index (χ2v) is 6.31. The van der Waals surface area contributed by atoms with E-state index in [1.807, 2.05) is 0 Å². The highest BCUT2D eigenvalue weighted by molar-refractivity contribution is 7.90. The number of carbonyl (C=O) groups is 1. The molecule has 0 saturated carbocycles.